The molecule has 0 saturated carbocycles. The lowest BCUT2D eigenvalue weighted by molar-refractivity contribution is 0.474. The monoisotopic (exact) mass is 324 g/mol. The van der Waals surface area contributed by atoms with Crippen molar-refractivity contribution in [3.05, 3.63) is 83.7 Å². The molecule has 0 saturated heterocycles. The molecule has 0 aliphatic carbocycles. The van der Waals surface area contributed by atoms with Gasteiger partial charge in [0.15, 0.2) is 0 Å². The number of hydrogen-bond acceptors (Lipinski definition) is 3. The highest BCUT2D eigenvalue weighted by atomic mass is 19.1. The second kappa shape index (κ2) is 5.92. The highest BCUT2D eigenvalue weighted by Crippen LogP contribution is 2.32. The lowest BCUT2D eigenvalue weighted by Gasteiger charge is -2.19. The molecule has 5 heteroatoms. The normalized spacial score (nSPS) is 13.0. The van der Waals surface area contributed by atoms with Crippen molar-refractivity contribution >= 4 is 5.69 Å². The average molecular weight is 324 g/mol. The molecule has 3 nitrogen and oxygen atoms in total. The number of aromatic nitrogens is 1. The summed E-state index contributed by atoms with van der Waals surface area (Å²) >= 11 is 0. The summed E-state index contributed by atoms with van der Waals surface area (Å²) in [5.41, 5.74) is 2.68. The number of hydrogen-bond donors (Lipinski definition) is 0. The van der Waals surface area contributed by atoms with Gasteiger partial charge < -0.3 is 9.64 Å². The first-order valence-electron chi connectivity index (χ1n) is 7.58. The fourth-order valence-corrected chi connectivity index (χ4v) is 2.88. The molecule has 0 bridgehead atoms. The molecular formula is C19H14F2N2O. The van der Waals surface area contributed by atoms with Crippen LogP contribution >= 0.6 is 0 Å². The fraction of sp³-hybridized carbons (Fsp3) is 0.105. The van der Waals surface area contributed by atoms with Gasteiger partial charge in [0, 0.05) is 37.1 Å². The first kappa shape index (κ1) is 14.6. The number of nitrogens with zero attached hydrogens (tertiary/aromatic N) is 2. The number of ether oxygens (including phenoxy) is 1. The van der Waals surface area contributed by atoms with Crippen molar-refractivity contribution in [3.63, 3.8) is 0 Å². The van der Waals surface area contributed by atoms with Crippen LogP contribution in [0.2, 0.25) is 0 Å². The van der Waals surface area contributed by atoms with Crippen LogP contribution in [0.5, 0.6) is 11.5 Å². The van der Waals surface area contributed by atoms with Gasteiger partial charge in [-0.2, -0.15) is 0 Å². The van der Waals surface area contributed by atoms with E-state index >= 15 is 0 Å². The molecular weight excluding hydrogens is 310 g/mol. The van der Waals surface area contributed by atoms with Crippen LogP contribution in [-0.2, 0) is 13.1 Å². The molecule has 0 fully saturated rings. The number of anilines is 1. The van der Waals surface area contributed by atoms with Crippen molar-refractivity contribution in [2.24, 2.45) is 0 Å². The smallest absolute Gasteiger partial charge is 0.145 e. The van der Waals surface area contributed by atoms with Gasteiger partial charge in [0.2, 0.25) is 0 Å². The van der Waals surface area contributed by atoms with Gasteiger partial charge in [-0.05, 0) is 41.5 Å². The molecule has 0 amide bonds. The van der Waals surface area contributed by atoms with E-state index in [0.29, 0.717) is 30.3 Å². The van der Waals surface area contributed by atoms with E-state index in [1.54, 1.807) is 36.7 Å². The summed E-state index contributed by atoms with van der Waals surface area (Å²) in [4.78, 5) is 5.96. The molecule has 2 heterocycles. The van der Waals surface area contributed by atoms with Crippen LogP contribution in [-0.4, -0.2) is 4.98 Å². The van der Waals surface area contributed by atoms with Gasteiger partial charge in [0.25, 0.3) is 0 Å². The molecule has 1 aliphatic rings. The molecule has 0 atom stereocenters. The molecule has 0 radical (unpaired) electrons. The molecule has 120 valence electrons. The predicted molar refractivity (Wildman–Crippen MR) is 87.0 cm³/mol. The van der Waals surface area contributed by atoms with Crippen molar-refractivity contribution in [2.45, 2.75) is 13.1 Å². The Morgan fingerprint density at radius 1 is 0.875 bits per heavy atom. The number of fused-ring (bicyclic) bond motifs is 1. The third-order valence-electron chi connectivity index (χ3n) is 3.98. The standard InChI is InChI=1S/C19H14F2N2O/c20-15-4-3-13-11-23(12-14(13)6-15)17-7-16(21)8-19(9-17)24-18-2-1-5-22-10-18/h1-10H,11-12H2. The lowest BCUT2D eigenvalue weighted by atomic mass is 10.1. The molecule has 24 heavy (non-hydrogen) atoms. The van der Waals surface area contributed by atoms with Gasteiger partial charge in [0.05, 0.1) is 6.20 Å². The highest BCUT2D eigenvalue weighted by Gasteiger charge is 2.20. The van der Waals surface area contributed by atoms with E-state index in [-0.39, 0.29) is 11.6 Å². The van der Waals surface area contributed by atoms with E-state index in [4.69, 9.17) is 4.74 Å². The Morgan fingerprint density at radius 2 is 1.75 bits per heavy atom. The second-order valence-electron chi connectivity index (χ2n) is 5.71. The van der Waals surface area contributed by atoms with Crippen LogP contribution in [0, 0.1) is 11.6 Å². The lowest BCUT2D eigenvalue weighted by Crippen LogP contribution is -2.14. The first-order chi connectivity index (χ1) is 11.7. The molecule has 0 N–H and O–H groups in total. The second-order valence-corrected chi connectivity index (χ2v) is 5.71. The third-order valence-corrected chi connectivity index (χ3v) is 3.98. The maximum absolute atomic E-state index is 14.0. The Bertz CT molecular complexity index is 884. The van der Waals surface area contributed by atoms with E-state index in [1.807, 2.05) is 4.90 Å². The number of pyridine rings is 1. The Balaban J connectivity index is 1.60. The van der Waals surface area contributed by atoms with E-state index in [0.717, 1.165) is 11.1 Å². The van der Waals surface area contributed by atoms with Crippen molar-refractivity contribution in [1.29, 1.82) is 0 Å². The topological polar surface area (TPSA) is 25.4 Å². The van der Waals surface area contributed by atoms with Gasteiger partial charge >= 0.3 is 0 Å². The van der Waals surface area contributed by atoms with Crippen LogP contribution < -0.4 is 9.64 Å². The van der Waals surface area contributed by atoms with Crippen LogP contribution in [0.3, 0.4) is 0 Å². The van der Waals surface area contributed by atoms with E-state index in [2.05, 4.69) is 4.98 Å². The number of benzene rings is 2. The Hall–Kier alpha value is -2.95. The fourth-order valence-electron chi connectivity index (χ4n) is 2.88. The van der Waals surface area contributed by atoms with E-state index in [9.17, 15) is 8.78 Å². The first-order valence-corrected chi connectivity index (χ1v) is 7.58. The number of halogens is 2. The van der Waals surface area contributed by atoms with Crippen molar-refractivity contribution in [2.75, 3.05) is 4.90 Å². The summed E-state index contributed by atoms with van der Waals surface area (Å²) < 4.78 is 33.0. The minimum absolute atomic E-state index is 0.254. The largest absolute Gasteiger partial charge is 0.456 e. The summed E-state index contributed by atoms with van der Waals surface area (Å²) in [5, 5.41) is 0. The van der Waals surface area contributed by atoms with Gasteiger partial charge in [-0.15, -0.1) is 0 Å². The summed E-state index contributed by atoms with van der Waals surface area (Å²) in [6.07, 6.45) is 3.21. The maximum atomic E-state index is 14.0. The molecule has 3 aromatic rings. The Kier molecular flexibility index (Phi) is 3.61. The summed E-state index contributed by atoms with van der Waals surface area (Å²) in [5.74, 6) is 0.310. The van der Waals surface area contributed by atoms with Crippen LogP contribution in [0.25, 0.3) is 0 Å². The number of rotatable bonds is 3. The van der Waals surface area contributed by atoms with Crippen molar-refractivity contribution in [1.82, 2.24) is 4.98 Å². The highest BCUT2D eigenvalue weighted by molar-refractivity contribution is 5.55. The predicted octanol–water partition coefficient (Wildman–Crippen LogP) is 4.67. The van der Waals surface area contributed by atoms with Gasteiger partial charge in [-0.1, -0.05) is 6.07 Å². The van der Waals surface area contributed by atoms with Gasteiger partial charge in [-0.3, -0.25) is 4.98 Å². The quantitative estimate of drug-likeness (QED) is 0.700. The van der Waals surface area contributed by atoms with Crippen molar-refractivity contribution in [3.8, 4) is 11.5 Å². The zero-order valence-corrected chi connectivity index (χ0v) is 12.7. The van der Waals surface area contributed by atoms with Gasteiger partial charge in [-0.25, -0.2) is 8.78 Å². The molecule has 0 unspecified atom stereocenters. The third kappa shape index (κ3) is 2.93. The molecule has 1 aliphatic heterocycles. The summed E-state index contributed by atoms with van der Waals surface area (Å²) in [6, 6.07) is 12.8. The van der Waals surface area contributed by atoms with E-state index < -0.39 is 0 Å². The molecule has 0 spiro atoms. The molecule has 2 aromatic carbocycles. The summed E-state index contributed by atoms with van der Waals surface area (Å²) in [7, 11) is 0. The van der Waals surface area contributed by atoms with Gasteiger partial charge in [0.1, 0.15) is 23.1 Å². The SMILES string of the molecule is Fc1cc(Oc2cccnc2)cc(N2Cc3ccc(F)cc3C2)c1. The zero-order valence-electron chi connectivity index (χ0n) is 12.7. The van der Waals surface area contributed by atoms with E-state index in [1.165, 1.54) is 24.3 Å². The average Bonchev–Trinajstić information content (AvgIpc) is 2.98. The Morgan fingerprint density at radius 3 is 2.58 bits per heavy atom. The van der Waals surface area contributed by atoms with Crippen LogP contribution in [0.4, 0.5) is 14.5 Å². The minimum Gasteiger partial charge on any atom is -0.456 e. The minimum atomic E-state index is -0.381. The van der Waals surface area contributed by atoms with Crippen LogP contribution in [0.1, 0.15) is 11.1 Å². The Labute approximate surface area is 138 Å². The zero-order chi connectivity index (χ0) is 16.5. The van der Waals surface area contributed by atoms with Crippen LogP contribution in [0.15, 0.2) is 60.9 Å². The maximum Gasteiger partial charge on any atom is 0.145 e. The van der Waals surface area contributed by atoms with Crippen molar-refractivity contribution < 1.29 is 13.5 Å². The molecule has 1 aromatic heterocycles. The summed E-state index contributed by atoms with van der Waals surface area (Å²) in [6.45, 7) is 1.16. The molecule has 4 rings (SSSR count).